The minimum atomic E-state index is -0.343. The topological polar surface area (TPSA) is 75.0 Å². The first-order valence-electron chi connectivity index (χ1n) is 9.81. The first-order chi connectivity index (χ1) is 14.7. The van der Waals surface area contributed by atoms with Gasteiger partial charge in [0.15, 0.2) is 11.2 Å². The van der Waals surface area contributed by atoms with Gasteiger partial charge < -0.3 is 15.1 Å². The number of fused-ring (bicyclic) bond motifs is 1. The molecule has 3 heterocycles. The van der Waals surface area contributed by atoms with Gasteiger partial charge in [-0.05, 0) is 43.4 Å². The van der Waals surface area contributed by atoms with Gasteiger partial charge in [-0.25, -0.2) is 9.37 Å². The number of likely N-dealkylation sites (N-methyl/N-ethyl adjacent to an activating group) is 1. The average Bonchev–Trinajstić information content (AvgIpc) is 3.18. The van der Waals surface area contributed by atoms with E-state index in [0.717, 1.165) is 31.9 Å². The predicted octanol–water partition coefficient (Wildman–Crippen LogP) is 2.85. The Morgan fingerprint density at radius 1 is 0.967 bits per heavy atom. The Kier molecular flexibility index (Phi) is 4.72. The molecule has 2 aromatic heterocycles. The van der Waals surface area contributed by atoms with Gasteiger partial charge in [0.05, 0.1) is 11.9 Å². The summed E-state index contributed by atoms with van der Waals surface area (Å²) in [7, 11) is 2.15. The van der Waals surface area contributed by atoms with Gasteiger partial charge in [-0.3, -0.25) is 0 Å². The van der Waals surface area contributed by atoms with Gasteiger partial charge in [-0.15, -0.1) is 5.10 Å². The largest absolute Gasteiger partial charge is 0.369 e. The quantitative estimate of drug-likeness (QED) is 0.561. The Morgan fingerprint density at radius 3 is 2.60 bits per heavy atom. The highest BCUT2D eigenvalue weighted by Crippen LogP contribution is 2.23. The van der Waals surface area contributed by atoms with Crippen LogP contribution in [0, 0.1) is 5.82 Å². The summed E-state index contributed by atoms with van der Waals surface area (Å²) < 4.78 is 15.1. The summed E-state index contributed by atoms with van der Waals surface area (Å²) in [6.07, 6.45) is 1.61. The molecule has 1 N–H and O–H groups in total. The zero-order valence-corrected chi connectivity index (χ0v) is 16.5. The molecule has 152 valence electrons. The van der Waals surface area contributed by atoms with Crippen molar-refractivity contribution < 1.29 is 4.39 Å². The summed E-state index contributed by atoms with van der Waals surface area (Å²) in [6.45, 7) is 4.10. The van der Waals surface area contributed by atoms with Crippen LogP contribution in [0.3, 0.4) is 0 Å². The number of piperazine rings is 1. The first kappa shape index (κ1) is 18.4. The number of benzene rings is 2. The summed E-state index contributed by atoms with van der Waals surface area (Å²) in [5.74, 6) is 0.0854. The molecule has 0 aliphatic carbocycles. The smallest absolute Gasteiger partial charge is 0.229 e. The Bertz CT molecular complexity index is 1180. The maximum absolute atomic E-state index is 13.6. The zero-order chi connectivity index (χ0) is 20.5. The fourth-order valence-electron chi connectivity index (χ4n) is 3.54. The van der Waals surface area contributed by atoms with E-state index in [9.17, 15) is 4.39 Å². The monoisotopic (exact) mass is 404 g/mol. The molecule has 5 rings (SSSR count). The number of nitrogens with zero attached hydrogens (tertiary/aromatic N) is 7. The summed E-state index contributed by atoms with van der Waals surface area (Å²) >= 11 is 0. The lowest BCUT2D eigenvalue weighted by atomic mass is 10.2. The first-order valence-corrected chi connectivity index (χ1v) is 9.81. The van der Waals surface area contributed by atoms with E-state index in [4.69, 9.17) is 0 Å². The van der Waals surface area contributed by atoms with Crippen LogP contribution in [0.25, 0.3) is 16.9 Å². The molecule has 1 aliphatic heterocycles. The van der Waals surface area contributed by atoms with Crippen molar-refractivity contribution in [3.05, 3.63) is 60.5 Å². The molecule has 1 fully saturated rings. The minimum Gasteiger partial charge on any atom is -0.369 e. The van der Waals surface area contributed by atoms with Gasteiger partial charge in [0.2, 0.25) is 5.95 Å². The number of halogens is 1. The number of hydrogen-bond donors (Lipinski definition) is 1. The molecular formula is C21H21FN8. The van der Waals surface area contributed by atoms with Gasteiger partial charge in [0.1, 0.15) is 5.82 Å². The fraction of sp³-hybridized carbons (Fsp3) is 0.238. The predicted molar refractivity (Wildman–Crippen MR) is 114 cm³/mol. The van der Waals surface area contributed by atoms with Gasteiger partial charge in [0.25, 0.3) is 0 Å². The van der Waals surface area contributed by atoms with Crippen LogP contribution < -0.4 is 10.2 Å². The Morgan fingerprint density at radius 2 is 1.77 bits per heavy atom. The van der Waals surface area contributed by atoms with Crippen LogP contribution in [0.5, 0.6) is 0 Å². The van der Waals surface area contributed by atoms with Crippen molar-refractivity contribution in [2.75, 3.05) is 43.4 Å². The third-order valence-corrected chi connectivity index (χ3v) is 5.22. The van der Waals surface area contributed by atoms with E-state index in [0.29, 0.717) is 22.8 Å². The second-order valence-electron chi connectivity index (χ2n) is 7.35. The fourth-order valence-corrected chi connectivity index (χ4v) is 3.54. The van der Waals surface area contributed by atoms with Gasteiger partial charge in [-0.2, -0.15) is 9.67 Å². The molecule has 0 spiro atoms. The van der Waals surface area contributed by atoms with Crippen molar-refractivity contribution in [3.8, 4) is 5.69 Å². The van der Waals surface area contributed by atoms with E-state index in [1.54, 1.807) is 18.3 Å². The van der Waals surface area contributed by atoms with Crippen molar-refractivity contribution in [1.29, 1.82) is 0 Å². The second-order valence-corrected chi connectivity index (χ2v) is 7.35. The van der Waals surface area contributed by atoms with Crippen LogP contribution in [-0.4, -0.2) is 63.1 Å². The Labute approximate surface area is 173 Å². The lowest BCUT2D eigenvalue weighted by Gasteiger charge is -2.34. The summed E-state index contributed by atoms with van der Waals surface area (Å²) in [4.78, 5) is 13.6. The molecule has 9 heteroatoms. The average molecular weight is 404 g/mol. The van der Waals surface area contributed by atoms with Crippen molar-refractivity contribution in [2.24, 2.45) is 0 Å². The van der Waals surface area contributed by atoms with Crippen molar-refractivity contribution in [2.45, 2.75) is 0 Å². The summed E-state index contributed by atoms with van der Waals surface area (Å²) in [6, 6.07) is 14.4. The molecule has 1 aliphatic rings. The maximum Gasteiger partial charge on any atom is 0.229 e. The highest BCUT2D eigenvalue weighted by atomic mass is 19.1. The molecule has 0 atom stereocenters. The lowest BCUT2D eigenvalue weighted by Crippen LogP contribution is -2.44. The highest BCUT2D eigenvalue weighted by Gasteiger charge is 2.15. The highest BCUT2D eigenvalue weighted by molar-refractivity contribution is 5.73. The zero-order valence-electron chi connectivity index (χ0n) is 16.5. The number of nitrogens with one attached hydrogen (secondary N) is 1. The minimum absolute atomic E-state index is 0.343. The third kappa shape index (κ3) is 3.67. The lowest BCUT2D eigenvalue weighted by molar-refractivity contribution is 0.313. The SMILES string of the molecule is CN1CCN(c2cccc(Nc3ncc4nnn(-c5cccc(F)c5)c4n3)c2)CC1. The van der Waals surface area contributed by atoms with E-state index >= 15 is 0 Å². The molecule has 0 radical (unpaired) electrons. The van der Waals surface area contributed by atoms with Gasteiger partial charge in [-0.1, -0.05) is 17.3 Å². The van der Waals surface area contributed by atoms with Gasteiger partial charge >= 0.3 is 0 Å². The summed E-state index contributed by atoms with van der Waals surface area (Å²) in [5, 5.41) is 11.4. The normalized spacial score (nSPS) is 14.9. The van der Waals surface area contributed by atoms with E-state index in [-0.39, 0.29) is 5.82 Å². The summed E-state index contributed by atoms with van der Waals surface area (Å²) in [5.41, 5.74) is 3.67. The number of anilines is 3. The third-order valence-electron chi connectivity index (χ3n) is 5.22. The van der Waals surface area contributed by atoms with Crippen LogP contribution in [0.2, 0.25) is 0 Å². The van der Waals surface area contributed by atoms with Crippen molar-refractivity contribution in [1.82, 2.24) is 29.9 Å². The molecule has 0 unspecified atom stereocenters. The molecule has 1 saturated heterocycles. The molecule has 0 bridgehead atoms. The Balaban J connectivity index is 1.42. The van der Waals surface area contributed by atoms with E-state index in [2.05, 4.69) is 54.6 Å². The van der Waals surface area contributed by atoms with Crippen molar-refractivity contribution in [3.63, 3.8) is 0 Å². The molecule has 0 amide bonds. The number of rotatable bonds is 4. The van der Waals surface area contributed by atoms with Crippen LogP contribution in [0.4, 0.5) is 21.7 Å². The molecular weight excluding hydrogens is 383 g/mol. The van der Waals surface area contributed by atoms with Crippen LogP contribution >= 0.6 is 0 Å². The van der Waals surface area contributed by atoms with E-state index in [1.807, 2.05) is 12.1 Å². The number of aromatic nitrogens is 5. The number of hydrogen-bond acceptors (Lipinski definition) is 7. The second kappa shape index (κ2) is 7.68. The maximum atomic E-state index is 13.6. The molecule has 8 nitrogen and oxygen atoms in total. The molecule has 30 heavy (non-hydrogen) atoms. The van der Waals surface area contributed by atoms with Gasteiger partial charge in [0, 0.05) is 37.6 Å². The van der Waals surface area contributed by atoms with E-state index < -0.39 is 0 Å². The van der Waals surface area contributed by atoms with Crippen molar-refractivity contribution >= 4 is 28.5 Å². The molecule has 0 saturated carbocycles. The molecule has 4 aromatic rings. The van der Waals surface area contributed by atoms with Crippen LogP contribution in [0.15, 0.2) is 54.7 Å². The standard InChI is InChI=1S/C21H21FN8/c1-28-8-10-29(11-9-28)17-6-3-5-16(13-17)24-21-23-14-19-20(25-21)30(27-26-19)18-7-2-4-15(22)12-18/h2-7,12-14H,8-11H2,1H3,(H,23,24,25). The van der Waals surface area contributed by atoms with Crippen LogP contribution in [0.1, 0.15) is 0 Å². The molecule has 2 aromatic carbocycles. The Hall–Kier alpha value is -3.59. The van der Waals surface area contributed by atoms with Crippen LogP contribution in [-0.2, 0) is 0 Å². The van der Waals surface area contributed by atoms with E-state index in [1.165, 1.54) is 22.5 Å².